The minimum Gasteiger partial charge on any atom is -0.337 e. The molecule has 2 aromatic rings. The second-order valence-corrected chi connectivity index (χ2v) is 6.83. The van der Waals surface area contributed by atoms with Gasteiger partial charge in [0.25, 0.3) is 5.91 Å². The molecule has 4 heteroatoms. The number of piperidine rings is 1. The Hall–Kier alpha value is -2.20. The molecular weight excluding hydrogens is 298 g/mol. The zero-order valence-corrected chi connectivity index (χ0v) is 14.3. The van der Waals surface area contributed by atoms with Gasteiger partial charge in [-0.3, -0.25) is 9.78 Å². The van der Waals surface area contributed by atoms with Crippen molar-refractivity contribution >= 4 is 11.6 Å². The average Bonchev–Trinajstić information content (AvgIpc) is 2.63. The molecule has 126 valence electrons. The van der Waals surface area contributed by atoms with Crippen molar-refractivity contribution < 1.29 is 9.69 Å². The molecule has 1 amide bonds. The van der Waals surface area contributed by atoms with Crippen LogP contribution in [0.1, 0.15) is 35.2 Å². The highest BCUT2D eigenvalue weighted by atomic mass is 16.1. The van der Waals surface area contributed by atoms with Crippen molar-refractivity contribution in [2.75, 3.05) is 25.5 Å². The Balaban J connectivity index is 1.49. The summed E-state index contributed by atoms with van der Waals surface area (Å²) >= 11 is 0. The molecule has 1 saturated heterocycles. The molecule has 0 aliphatic carbocycles. The predicted molar refractivity (Wildman–Crippen MR) is 96.3 cm³/mol. The van der Waals surface area contributed by atoms with E-state index in [0.717, 1.165) is 18.0 Å². The van der Waals surface area contributed by atoms with Gasteiger partial charge in [0.15, 0.2) is 0 Å². The van der Waals surface area contributed by atoms with Crippen molar-refractivity contribution in [3.63, 3.8) is 0 Å². The number of hydrogen-bond donors (Lipinski definition) is 2. The van der Waals surface area contributed by atoms with E-state index >= 15 is 0 Å². The second kappa shape index (κ2) is 8.06. The molecule has 3 rings (SSSR count). The fourth-order valence-corrected chi connectivity index (χ4v) is 3.28. The molecule has 24 heavy (non-hydrogen) atoms. The number of nitrogens with one attached hydrogen (secondary N) is 2. The standard InChI is InChI=1S/C20H25N3O/c1-23-13-10-17(11-14-23)5-4-16-6-8-19(9-7-16)22-20(24)18-3-2-12-21-15-18/h2-3,6-9,12,15,17H,4-5,10-11,13-14H2,1H3,(H,22,24)/p+1. The summed E-state index contributed by atoms with van der Waals surface area (Å²) in [6.07, 6.45) is 8.34. The van der Waals surface area contributed by atoms with E-state index in [4.69, 9.17) is 0 Å². The number of aromatic nitrogens is 1. The quantitative estimate of drug-likeness (QED) is 0.886. The first kappa shape index (κ1) is 16.7. The van der Waals surface area contributed by atoms with Gasteiger partial charge in [0, 0.05) is 18.1 Å². The number of amides is 1. The van der Waals surface area contributed by atoms with Gasteiger partial charge in [-0.15, -0.1) is 0 Å². The number of quaternary nitrogens is 1. The van der Waals surface area contributed by atoms with Crippen molar-refractivity contribution in [3.8, 4) is 0 Å². The fourth-order valence-electron chi connectivity index (χ4n) is 3.28. The first-order chi connectivity index (χ1) is 11.7. The average molecular weight is 324 g/mol. The van der Waals surface area contributed by atoms with Crippen LogP contribution in [-0.2, 0) is 6.42 Å². The van der Waals surface area contributed by atoms with Crippen LogP contribution in [0, 0.1) is 5.92 Å². The van der Waals surface area contributed by atoms with E-state index < -0.39 is 0 Å². The van der Waals surface area contributed by atoms with Crippen LogP contribution in [0.3, 0.4) is 0 Å². The van der Waals surface area contributed by atoms with Crippen LogP contribution in [0.25, 0.3) is 0 Å². The number of carbonyl (C=O) groups is 1. The molecule has 1 aliphatic rings. The van der Waals surface area contributed by atoms with Gasteiger partial charge in [0.05, 0.1) is 25.7 Å². The SMILES string of the molecule is C[NH+]1CCC(CCc2ccc(NC(=O)c3cccnc3)cc2)CC1. The topological polar surface area (TPSA) is 46.4 Å². The molecule has 0 atom stereocenters. The first-order valence-corrected chi connectivity index (χ1v) is 8.82. The zero-order chi connectivity index (χ0) is 16.8. The van der Waals surface area contributed by atoms with E-state index in [1.54, 1.807) is 29.4 Å². The van der Waals surface area contributed by atoms with Gasteiger partial charge < -0.3 is 10.2 Å². The number of likely N-dealkylation sites (tertiary alicyclic amines) is 1. The summed E-state index contributed by atoms with van der Waals surface area (Å²) in [5, 5.41) is 2.91. The Morgan fingerprint density at radius 1 is 1.21 bits per heavy atom. The molecule has 2 N–H and O–H groups in total. The normalized spacial score (nSPS) is 20.5. The van der Waals surface area contributed by atoms with Crippen LogP contribution < -0.4 is 10.2 Å². The van der Waals surface area contributed by atoms with E-state index in [1.165, 1.54) is 37.9 Å². The van der Waals surface area contributed by atoms with Gasteiger partial charge in [0.2, 0.25) is 0 Å². The van der Waals surface area contributed by atoms with Crippen molar-refractivity contribution in [1.82, 2.24) is 4.98 Å². The highest BCUT2D eigenvalue weighted by molar-refractivity contribution is 6.03. The summed E-state index contributed by atoms with van der Waals surface area (Å²) in [7, 11) is 2.29. The Kier molecular flexibility index (Phi) is 5.59. The lowest BCUT2D eigenvalue weighted by atomic mass is 9.91. The van der Waals surface area contributed by atoms with Crippen LogP contribution in [-0.4, -0.2) is 31.0 Å². The van der Waals surface area contributed by atoms with E-state index in [9.17, 15) is 4.79 Å². The van der Waals surface area contributed by atoms with Gasteiger partial charge in [-0.25, -0.2) is 0 Å². The predicted octanol–water partition coefficient (Wildman–Crippen LogP) is 2.19. The molecule has 4 nitrogen and oxygen atoms in total. The van der Waals surface area contributed by atoms with Gasteiger partial charge >= 0.3 is 0 Å². The maximum Gasteiger partial charge on any atom is 0.257 e. The molecule has 1 fully saturated rings. The van der Waals surface area contributed by atoms with Crippen molar-refractivity contribution in [2.45, 2.75) is 25.7 Å². The number of benzene rings is 1. The molecule has 1 aliphatic heterocycles. The maximum absolute atomic E-state index is 12.1. The maximum atomic E-state index is 12.1. The zero-order valence-electron chi connectivity index (χ0n) is 14.3. The van der Waals surface area contributed by atoms with Gasteiger partial charge in [0.1, 0.15) is 0 Å². The van der Waals surface area contributed by atoms with Crippen molar-refractivity contribution in [1.29, 1.82) is 0 Å². The smallest absolute Gasteiger partial charge is 0.257 e. The van der Waals surface area contributed by atoms with E-state index in [0.29, 0.717) is 5.56 Å². The number of anilines is 1. The minimum atomic E-state index is -0.121. The van der Waals surface area contributed by atoms with Crippen LogP contribution in [0.2, 0.25) is 0 Å². The second-order valence-electron chi connectivity index (χ2n) is 6.83. The monoisotopic (exact) mass is 324 g/mol. The number of nitrogens with zero attached hydrogens (tertiary/aromatic N) is 1. The first-order valence-electron chi connectivity index (χ1n) is 8.82. The summed E-state index contributed by atoms with van der Waals surface area (Å²) < 4.78 is 0. The molecule has 0 spiro atoms. The summed E-state index contributed by atoms with van der Waals surface area (Å²) in [4.78, 5) is 17.7. The molecule has 0 radical (unpaired) electrons. The van der Waals surface area contributed by atoms with Crippen LogP contribution in [0.15, 0.2) is 48.8 Å². The van der Waals surface area contributed by atoms with Crippen molar-refractivity contribution in [3.05, 3.63) is 59.9 Å². The van der Waals surface area contributed by atoms with Crippen LogP contribution >= 0.6 is 0 Å². The van der Waals surface area contributed by atoms with E-state index in [2.05, 4.69) is 29.5 Å². The number of rotatable bonds is 5. The van der Waals surface area contributed by atoms with E-state index in [-0.39, 0.29) is 5.91 Å². The Morgan fingerprint density at radius 2 is 1.96 bits per heavy atom. The third-order valence-corrected chi connectivity index (χ3v) is 4.94. The molecule has 1 aromatic heterocycles. The third kappa shape index (κ3) is 4.65. The highest BCUT2D eigenvalue weighted by Gasteiger charge is 2.18. The van der Waals surface area contributed by atoms with Crippen LogP contribution in [0.5, 0.6) is 0 Å². The molecular formula is C20H26N3O+. The number of carbonyl (C=O) groups excluding carboxylic acids is 1. The summed E-state index contributed by atoms with van der Waals surface area (Å²) in [6, 6.07) is 11.8. The fraction of sp³-hybridized carbons (Fsp3) is 0.400. The largest absolute Gasteiger partial charge is 0.337 e. The third-order valence-electron chi connectivity index (χ3n) is 4.94. The molecule has 0 saturated carbocycles. The summed E-state index contributed by atoms with van der Waals surface area (Å²) in [5.41, 5.74) is 2.75. The highest BCUT2D eigenvalue weighted by Crippen LogP contribution is 2.19. The van der Waals surface area contributed by atoms with Gasteiger partial charge in [-0.05, 0) is 61.4 Å². The van der Waals surface area contributed by atoms with Crippen LogP contribution in [0.4, 0.5) is 5.69 Å². The molecule has 0 bridgehead atoms. The molecule has 0 unspecified atom stereocenters. The molecule has 1 aromatic carbocycles. The van der Waals surface area contributed by atoms with E-state index in [1.807, 2.05) is 12.1 Å². The minimum absolute atomic E-state index is 0.121. The number of aryl methyl sites for hydroxylation is 1. The lowest BCUT2D eigenvalue weighted by molar-refractivity contribution is -0.886. The van der Waals surface area contributed by atoms with Gasteiger partial charge in [-0.2, -0.15) is 0 Å². The Bertz CT molecular complexity index is 646. The lowest BCUT2D eigenvalue weighted by Gasteiger charge is -2.26. The Labute approximate surface area is 143 Å². The van der Waals surface area contributed by atoms with Crippen molar-refractivity contribution in [2.24, 2.45) is 5.92 Å². The number of pyridine rings is 1. The number of hydrogen-bond acceptors (Lipinski definition) is 2. The Morgan fingerprint density at radius 3 is 2.62 bits per heavy atom. The summed E-state index contributed by atoms with van der Waals surface area (Å²) in [6.45, 7) is 2.62. The molecule has 2 heterocycles. The summed E-state index contributed by atoms with van der Waals surface area (Å²) in [5.74, 6) is 0.753. The lowest BCUT2D eigenvalue weighted by Crippen LogP contribution is -3.10. The van der Waals surface area contributed by atoms with Gasteiger partial charge in [-0.1, -0.05) is 12.1 Å².